The van der Waals surface area contributed by atoms with Crippen molar-refractivity contribution in [2.75, 3.05) is 19.6 Å². The first kappa shape index (κ1) is 18.8. The topological polar surface area (TPSA) is 20.3 Å². The van der Waals surface area contributed by atoms with Gasteiger partial charge >= 0.3 is 17.1 Å². The first-order valence-corrected chi connectivity index (χ1v) is 6.91. The van der Waals surface area contributed by atoms with Crippen molar-refractivity contribution in [3.05, 3.63) is 60.2 Å². The van der Waals surface area contributed by atoms with Crippen LogP contribution in [0, 0.1) is 0 Å². The van der Waals surface area contributed by atoms with E-state index in [-0.39, 0.29) is 22.9 Å². The Bertz CT molecular complexity index is 399. The van der Waals surface area contributed by atoms with E-state index in [9.17, 15) is 4.79 Å². The number of nitrogens with zero attached hydrogens (tertiary/aromatic N) is 1. The molecule has 3 heteroatoms. The zero-order chi connectivity index (χ0) is 13.9. The Morgan fingerprint density at radius 2 is 1.75 bits per heavy atom. The van der Waals surface area contributed by atoms with Crippen molar-refractivity contribution in [2.45, 2.75) is 20.3 Å². The van der Waals surface area contributed by atoms with Crippen LogP contribution in [-0.2, 0) is 17.1 Å². The van der Waals surface area contributed by atoms with Gasteiger partial charge in [-0.2, -0.15) is 36.4 Å². The predicted molar refractivity (Wildman–Crippen MR) is 80.8 cm³/mol. The van der Waals surface area contributed by atoms with Crippen LogP contribution in [0.2, 0.25) is 0 Å². The Morgan fingerprint density at radius 3 is 2.15 bits per heavy atom. The SMILES string of the molecule is CCN(CC)CCC(=O)c1ccc[cH-]1.[Fe+2].c1cc[cH-]c1. The molecule has 0 amide bonds. The molecular formula is C17H23FeNO. The van der Waals surface area contributed by atoms with Gasteiger partial charge in [0.15, 0.2) is 0 Å². The van der Waals surface area contributed by atoms with E-state index in [1.807, 2.05) is 54.6 Å². The zero-order valence-corrected chi connectivity index (χ0v) is 13.3. The van der Waals surface area contributed by atoms with Gasteiger partial charge in [-0.3, -0.25) is 0 Å². The minimum atomic E-state index is 0. The molecule has 0 aliphatic rings. The van der Waals surface area contributed by atoms with Crippen molar-refractivity contribution in [1.29, 1.82) is 0 Å². The summed E-state index contributed by atoms with van der Waals surface area (Å²) in [5, 5.41) is 0. The van der Waals surface area contributed by atoms with E-state index in [2.05, 4.69) is 18.7 Å². The Morgan fingerprint density at radius 1 is 1.10 bits per heavy atom. The number of hydrogen-bond donors (Lipinski definition) is 0. The molecule has 0 aromatic heterocycles. The first-order chi connectivity index (χ1) is 9.27. The summed E-state index contributed by atoms with van der Waals surface area (Å²) in [5.41, 5.74) is 0.845. The maximum absolute atomic E-state index is 11.6. The molecule has 0 spiro atoms. The van der Waals surface area contributed by atoms with Gasteiger partial charge in [0.25, 0.3) is 0 Å². The maximum atomic E-state index is 11.6. The van der Waals surface area contributed by atoms with Crippen LogP contribution in [-0.4, -0.2) is 30.3 Å². The van der Waals surface area contributed by atoms with Gasteiger partial charge in [-0.25, -0.2) is 12.1 Å². The molecule has 0 bridgehead atoms. The average Bonchev–Trinajstić information content (AvgIpc) is 3.15. The fourth-order valence-corrected chi connectivity index (χ4v) is 1.82. The van der Waals surface area contributed by atoms with Gasteiger partial charge in [0.2, 0.25) is 0 Å². The summed E-state index contributed by atoms with van der Waals surface area (Å²) in [6.07, 6.45) is 0.631. The van der Waals surface area contributed by atoms with E-state index >= 15 is 0 Å². The molecule has 0 fully saturated rings. The van der Waals surface area contributed by atoms with E-state index in [4.69, 9.17) is 0 Å². The van der Waals surface area contributed by atoms with E-state index < -0.39 is 0 Å². The van der Waals surface area contributed by atoms with Gasteiger partial charge in [-0.1, -0.05) is 13.8 Å². The number of carbonyl (C=O) groups excluding carboxylic acids is 1. The third-order valence-electron chi connectivity index (χ3n) is 3.09. The van der Waals surface area contributed by atoms with Crippen molar-refractivity contribution in [3.8, 4) is 0 Å². The van der Waals surface area contributed by atoms with E-state index in [1.165, 1.54) is 0 Å². The van der Waals surface area contributed by atoms with Crippen molar-refractivity contribution in [3.63, 3.8) is 0 Å². The fraction of sp³-hybridized carbons (Fsp3) is 0.353. The molecule has 0 saturated heterocycles. The van der Waals surface area contributed by atoms with Gasteiger partial charge < -0.3 is 9.69 Å². The van der Waals surface area contributed by atoms with Crippen LogP contribution in [0.1, 0.15) is 30.6 Å². The second-order valence-corrected chi connectivity index (χ2v) is 4.34. The van der Waals surface area contributed by atoms with Crippen LogP contribution < -0.4 is 0 Å². The number of carbonyl (C=O) groups is 1. The second-order valence-electron chi connectivity index (χ2n) is 4.34. The Hall–Kier alpha value is -1.15. The van der Waals surface area contributed by atoms with E-state index in [0.717, 1.165) is 25.2 Å². The van der Waals surface area contributed by atoms with Gasteiger partial charge in [0.1, 0.15) is 0 Å². The third kappa shape index (κ3) is 7.44. The molecule has 0 saturated carbocycles. The van der Waals surface area contributed by atoms with Gasteiger partial charge in [0, 0.05) is 0 Å². The minimum Gasteiger partial charge on any atom is -0.352 e. The molecule has 0 N–H and O–H groups in total. The molecule has 0 radical (unpaired) electrons. The molecule has 2 aromatic rings. The molecule has 110 valence electrons. The van der Waals surface area contributed by atoms with Crippen LogP contribution >= 0.6 is 0 Å². The normalized spacial score (nSPS) is 9.55. The third-order valence-corrected chi connectivity index (χ3v) is 3.09. The molecule has 2 nitrogen and oxygen atoms in total. The number of hydrogen-bond acceptors (Lipinski definition) is 2. The monoisotopic (exact) mass is 313 g/mol. The minimum absolute atomic E-state index is 0. The maximum Gasteiger partial charge on any atom is 2.00 e. The Kier molecular flexibility index (Phi) is 11.0. The quantitative estimate of drug-likeness (QED) is 0.460. The summed E-state index contributed by atoms with van der Waals surface area (Å²) in [6.45, 7) is 7.15. The predicted octanol–water partition coefficient (Wildman–Crippen LogP) is 3.72. The summed E-state index contributed by atoms with van der Waals surface area (Å²) in [7, 11) is 0. The summed E-state index contributed by atoms with van der Waals surface area (Å²) in [5.74, 6) is 0.252. The van der Waals surface area contributed by atoms with E-state index in [0.29, 0.717) is 6.42 Å². The summed E-state index contributed by atoms with van der Waals surface area (Å²) < 4.78 is 0. The molecule has 0 heterocycles. The summed E-state index contributed by atoms with van der Waals surface area (Å²) >= 11 is 0. The van der Waals surface area contributed by atoms with Gasteiger partial charge in [0.05, 0.1) is 5.78 Å². The van der Waals surface area contributed by atoms with Gasteiger partial charge in [-0.05, 0) is 26.1 Å². The summed E-state index contributed by atoms with van der Waals surface area (Å²) in [4.78, 5) is 13.9. The standard InChI is InChI=1S/C12H18NO.C5H5.Fe/c1-3-13(4-2)10-9-12(14)11-7-5-6-8-11;1-2-4-5-3-1;/h5-8H,3-4,9-10H2,1-2H3;1-5H;/q2*-1;+2. The first-order valence-electron chi connectivity index (χ1n) is 6.91. The van der Waals surface area contributed by atoms with Crippen LogP contribution in [0.25, 0.3) is 0 Å². The Balaban J connectivity index is 0.000000507. The molecule has 0 atom stereocenters. The molecular weight excluding hydrogens is 290 g/mol. The van der Waals surface area contributed by atoms with Crippen molar-refractivity contribution in [1.82, 2.24) is 4.90 Å². The molecule has 20 heavy (non-hydrogen) atoms. The van der Waals surface area contributed by atoms with Crippen molar-refractivity contribution < 1.29 is 21.9 Å². The Labute approximate surface area is 133 Å². The zero-order valence-electron chi connectivity index (χ0n) is 12.2. The van der Waals surface area contributed by atoms with Crippen molar-refractivity contribution in [2.24, 2.45) is 0 Å². The van der Waals surface area contributed by atoms with Crippen molar-refractivity contribution >= 4 is 5.78 Å². The van der Waals surface area contributed by atoms with Crippen LogP contribution in [0.4, 0.5) is 0 Å². The van der Waals surface area contributed by atoms with E-state index in [1.54, 1.807) is 0 Å². The molecule has 0 aliphatic carbocycles. The summed E-state index contributed by atoms with van der Waals surface area (Å²) in [6, 6.07) is 17.6. The average molecular weight is 313 g/mol. The van der Waals surface area contributed by atoms with Crippen LogP contribution in [0.3, 0.4) is 0 Å². The number of Topliss-reactive ketones (excluding diaryl/α,β-unsaturated/α-hetero) is 1. The van der Waals surface area contributed by atoms with Gasteiger partial charge in [-0.15, -0.1) is 11.6 Å². The fourth-order valence-electron chi connectivity index (χ4n) is 1.82. The second kappa shape index (κ2) is 11.7. The molecule has 0 aliphatic heterocycles. The van der Waals surface area contributed by atoms with Crippen LogP contribution in [0.15, 0.2) is 54.6 Å². The molecule has 0 unspecified atom stereocenters. The smallest absolute Gasteiger partial charge is 0.352 e. The number of rotatable bonds is 6. The largest absolute Gasteiger partial charge is 2.00 e. The van der Waals surface area contributed by atoms with Crippen LogP contribution in [0.5, 0.6) is 0 Å². The molecule has 2 aromatic carbocycles. The number of ketones is 1. The molecule has 2 rings (SSSR count).